The molecule has 0 aliphatic carbocycles. The number of nitrogens with zero attached hydrogens (tertiary/aromatic N) is 3. The van der Waals surface area contributed by atoms with Gasteiger partial charge in [0.25, 0.3) is 0 Å². The van der Waals surface area contributed by atoms with Gasteiger partial charge in [0.05, 0.1) is 18.7 Å². The Morgan fingerprint density at radius 1 is 1.38 bits per heavy atom. The maximum Gasteiger partial charge on any atom is 0.235 e. The van der Waals surface area contributed by atoms with E-state index in [-0.39, 0.29) is 19.0 Å². The third-order valence-corrected chi connectivity index (χ3v) is 1.90. The van der Waals surface area contributed by atoms with E-state index in [1.54, 1.807) is 0 Å². The quantitative estimate of drug-likeness (QED) is 0.636. The molecule has 0 rings (SSSR count). The van der Waals surface area contributed by atoms with Gasteiger partial charge < -0.3 is 5.32 Å². The van der Waals surface area contributed by atoms with Gasteiger partial charge in [0.15, 0.2) is 0 Å². The molecule has 1 N–H and O–H groups in total. The van der Waals surface area contributed by atoms with Gasteiger partial charge in [0.2, 0.25) is 5.91 Å². The molecule has 1 amide bonds. The molecule has 0 aliphatic heterocycles. The molecule has 0 aliphatic rings. The molecule has 0 aromatic rings. The van der Waals surface area contributed by atoms with E-state index >= 15 is 0 Å². The van der Waals surface area contributed by atoms with Crippen LogP contribution in [-0.4, -0.2) is 37.0 Å². The lowest BCUT2D eigenvalue weighted by atomic mass is 10.2. The van der Waals surface area contributed by atoms with Crippen LogP contribution < -0.4 is 5.32 Å². The summed E-state index contributed by atoms with van der Waals surface area (Å²) in [6, 6.07) is 3.92. The summed E-state index contributed by atoms with van der Waals surface area (Å²) in [6.45, 7) is 5.78. The molecule has 5 nitrogen and oxygen atoms in total. The Bertz CT molecular complexity index is 287. The lowest BCUT2D eigenvalue weighted by Gasteiger charge is -2.22. The van der Waals surface area contributed by atoms with E-state index in [4.69, 9.17) is 10.5 Å². The van der Waals surface area contributed by atoms with Gasteiger partial charge in [-0.2, -0.15) is 10.5 Å². The summed E-state index contributed by atoms with van der Waals surface area (Å²) in [7, 11) is 0. The number of amides is 1. The van der Waals surface area contributed by atoms with Crippen LogP contribution in [0.5, 0.6) is 0 Å². The zero-order chi connectivity index (χ0) is 12.4. The van der Waals surface area contributed by atoms with Gasteiger partial charge in [0, 0.05) is 19.5 Å². The summed E-state index contributed by atoms with van der Waals surface area (Å²) in [5, 5.41) is 19.3. The summed E-state index contributed by atoms with van der Waals surface area (Å²) in [4.78, 5) is 13.3. The predicted molar refractivity (Wildman–Crippen MR) is 60.1 cm³/mol. The largest absolute Gasteiger partial charge is 0.342 e. The van der Waals surface area contributed by atoms with Crippen molar-refractivity contribution >= 4 is 5.91 Å². The monoisotopic (exact) mass is 222 g/mol. The number of nitriles is 2. The number of hydrogen-bond acceptors (Lipinski definition) is 4. The Balaban J connectivity index is 4.04. The Kier molecular flexibility index (Phi) is 7.83. The first-order chi connectivity index (χ1) is 7.60. The molecule has 0 spiro atoms. The van der Waals surface area contributed by atoms with E-state index in [2.05, 4.69) is 25.2 Å². The van der Waals surface area contributed by atoms with Crippen LogP contribution in [-0.2, 0) is 4.79 Å². The SMILES string of the molecule is CC(C)CN(CCC#N)CC(=O)NCC#N. The molecule has 0 heterocycles. The fourth-order valence-corrected chi connectivity index (χ4v) is 1.36. The van der Waals surface area contributed by atoms with Gasteiger partial charge in [-0.25, -0.2) is 0 Å². The van der Waals surface area contributed by atoms with Gasteiger partial charge >= 0.3 is 0 Å². The van der Waals surface area contributed by atoms with E-state index in [9.17, 15) is 4.79 Å². The zero-order valence-corrected chi connectivity index (χ0v) is 9.86. The van der Waals surface area contributed by atoms with Crippen molar-refractivity contribution in [2.24, 2.45) is 5.92 Å². The number of nitrogens with one attached hydrogen (secondary N) is 1. The highest BCUT2D eigenvalue weighted by atomic mass is 16.2. The second-order valence-corrected chi connectivity index (χ2v) is 3.97. The minimum absolute atomic E-state index is 0.0343. The molecule has 16 heavy (non-hydrogen) atoms. The van der Waals surface area contributed by atoms with Gasteiger partial charge in [-0.1, -0.05) is 13.8 Å². The van der Waals surface area contributed by atoms with Crippen LogP contribution in [0.4, 0.5) is 0 Å². The molecule has 5 heteroatoms. The highest BCUT2D eigenvalue weighted by molar-refractivity contribution is 5.78. The topological polar surface area (TPSA) is 79.9 Å². The standard InChI is InChI=1S/C11H18N4O/c1-10(2)8-15(7-3-4-12)9-11(16)14-6-5-13/h10H,3,6-9H2,1-2H3,(H,14,16). The predicted octanol–water partition coefficient (Wildman–Crippen LogP) is 0.498. The number of hydrogen-bond donors (Lipinski definition) is 1. The van der Waals surface area contributed by atoms with Crippen molar-refractivity contribution in [3.63, 3.8) is 0 Å². The van der Waals surface area contributed by atoms with E-state index in [1.807, 2.05) is 11.0 Å². The minimum atomic E-state index is -0.167. The number of carbonyl (C=O) groups is 1. The molecule has 0 aromatic carbocycles. The number of carbonyl (C=O) groups excluding carboxylic acids is 1. The molecule has 0 saturated carbocycles. The van der Waals surface area contributed by atoms with Gasteiger partial charge in [0.1, 0.15) is 6.54 Å². The Labute approximate surface area is 96.6 Å². The maximum absolute atomic E-state index is 11.4. The number of rotatable bonds is 7. The van der Waals surface area contributed by atoms with E-state index < -0.39 is 0 Å². The van der Waals surface area contributed by atoms with Crippen LogP contribution in [0.15, 0.2) is 0 Å². The van der Waals surface area contributed by atoms with Crippen molar-refractivity contribution in [3.05, 3.63) is 0 Å². The molecule has 0 bridgehead atoms. The first-order valence-electron chi connectivity index (χ1n) is 5.33. The normalized spacial score (nSPS) is 9.88. The molecule has 0 saturated heterocycles. The van der Waals surface area contributed by atoms with Gasteiger partial charge in [-0.3, -0.25) is 9.69 Å². The van der Waals surface area contributed by atoms with Crippen LogP contribution >= 0.6 is 0 Å². The summed E-state index contributed by atoms with van der Waals surface area (Å²) in [6.07, 6.45) is 0.415. The molecular weight excluding hydrogens is 204 g/mol. The van der Waals surface area contributed by atoms with Crippen molar-refractivity contribution < 1.29 is 4.79 Å². The third kappa shape index (κ3) is 7.78. The molecule has 0 aromatic heterocycles. The third-order valence-electron chi connectivity index (χ3n) is 1.90. The summed E-state index contributed by atoms with van der Waals surface area (Å²) in [5.74, 6) is 0.280. The highest BCUT2D eigenvalue weighted by Crippen LogP contribution is 1.99. The minimum Gasteiger partial charge on any atom is -0.342 e. The van der Waals surface area contributed by atoms with Crippen molar-refractivity contribution in [3.8, 4) is 12.1 Å². The summed E-state index contributed by atoms with van der Waals surface area (Å²) in [5.41, 5.74) is 0. The molecule has 0 radical (unpaired) electrons. The van der Waals surface area contributed by atoms with E-state index in [1.165, 1.54) is 0 Å². The van der Waals surface area contributed by atoms with Crippen LogP contribution in [0.1, 0.15) is 20.3 Å². The average Bonchev–Trinajstić information content (AvgIpc) is 2.22. The summed E-state index contributed by atoms with van der Waals surface area (Å²) >= 11 is 0. The van der Waals surface area contributed by atoms with Crippen LogP contribution in [0.3, 0.4) is 0 Å². The molecule has 0 fully saturated rings. The molecule has 0 unspecified atom stereocenters. The van der Waals surface area contributed by atoms with E-state index in [0.717, 1.165) is 6.54 Å². The summed E-state index contributed by atoms with van der Waals surface area (Å²) < 4.78 is 0. The van der Waals surface area contributed by atoms with Crippen molar-refractivity contribution in [1.29, 1.82) is 10.5 Å². The second-order valence-electron chi connectivity index (χ2n) is 3.97. The van der Waals surface area contributed by atoms with Crippen LogP contribution in [0, 0.1) is 28.6 Å². The Morgan fingerprint density at radius 3 is 2.56 bits per heavy atom. The first-order valence-corrected chi connectivity index (χ1v) is 5.33. The maximum atomic E-state index is 11.4. The Hall–Kier alpha value is -1.59. The van der Waals surface area contributed by atoms with Crippen molar-refractivity contribution in [2.45, 2.75) is 20.3 Å². The second kappa shape index (κ2) is 8.70. The van der Waals surface area contributed by atoms with Crippen LogP contribution in [0.25, 0.3) is 0 Å². The lowest BCUT2D eigenvalue weighted by Crippen LogP contribution is -2.39. The van der Waals surface area contributed by atoms with Crippen molar-refractivity contribution in [1.82, 2.24) is 10.2 Å². The highest BCUT2D eigenvalue weighted by Gasteiger charge is 2.11. The lowest BCUT2D eigenvalue weighted by molar-refractivity contribution is -0.122. The van der Waals surface area contributed by atoms with E-state index in [0.29, 0.717) is 18.9 Å². The van der Waals surface area contributed by atoms with Gasteiger partial charge in [-0.15, -0.1) is 0 Å². The average molecular weight is 222 g/mol. The zero-order valence-electron chi connectivity index (χ0n) is 9.86. The van der Waals surface area contributed by atoms with Gasteiger partial charge in [-0.05, 0) is 5.92 Å². The molecule has 0 atom stereocenters. The fourth-order valence-electron chi connectivity index (χ4n) is 1.36. The van der Waals surface area contributed by atoms with Crippen LogP contribution in [0.2, 0.25) is 0 Å². The van der Waals surface area contributed by atoms with Crippen molar-refractivity contribution in [2.75, 3.05) is 26.2 Å². The molecule has 88 valence electrons. The Morgan fingerprint density at radius 2 is 2.06 bits per heavy atom. The smallest absolute Gasteiger partial charge is 0.235 e. The molecular formula is C11H18N4O. The fraction of sp³-hybridized carbons (Fsp3) is 0.727. The first kappa shape index (κ1) is 14.4.